The third kappa shape index (κ3) is 2.10. The molecule has 2 aliphatic carbocycles. The van der Waals surface area contributed by atoms with Crippen molar-refractivity contribution < 1.29 is 23.0 Å². The van der Waals surface area contributed by atoms with E-state index in [4.69, 9.17) is 4.74 Å². The zero-order valence-corrected chi connectivity index (χ0v) is 13.9. The molecule has 0 aromatic heterocycles. The fraction of sp³-hybridized carbons (Fsp3) is 0.684. The van der Waals surface area contributed by atoms with Crippen LogP contribution in [-0.2, 0) is 10.9 Å². The summed E-state index contributed by atoms with van der Waals surface area (Å²) in [5, 5.41) is 10.9. The number of aliphatic hydroxyl groups is 1. The Morgan fingerprint density at radius 3 is 2.42 bits per heavy atom. The molecule has 1 aromatic rings. The van der Waals surface area contributed by atoms with Gasteiger partial charge in [-0.3, -0.25) is 0 Å². The quantitative estimate of drug-likeness (QED) is 0.811. The molecule has 3 aliphatic rings. The molecule has 0 radical (unpaired) electrons. The van der Waals surface area contributed by atoms with Crippen LogP contribution in [0, 0.1) is 22.7 Å². The number of halogens is 3. The van der Waals surface area contributed by atoms with Gasteiger partial charge in [0.05, 0.1) is 17.8 Å². The second-order valence-corrected chi connectivity index (χ2v) is 8.36. The highest BCUT2D eigenvalue weighted by atomic mass is 19.4. The van der Waals surface area contributed by atoms with Crippen molar-refractivity contribution in [2.24, 2.45) is 22.7 Å². The van der Waals surface area contributed by atoms with Crippen molar-refractivity contribution in [3.63, 3.8) is 0 Å². The Bertz CT molecular complexity index is 637. The van der Waals surface area contributed by atoms with E-state index in [1.54, 1.807) is 0 Å². The van der Waals surface area contributed by atoms with Crippen molar-refractivity contribution in [1.82, 2.24) is 0 Å². The molecule has 1 N–H and O–H groups in total. The molecule has 1 spiro atoms. The molecule has 1 aromatic carbocycles. The maximum Gasteiger partial charge on any atom is 0.416 e. The van der Waals surface area contributed by atoms with E-state index in [1.165, 1.54) is 12.1 Å². The second kappa shape index (κ2) is 4.98. The first-order chi connectivity index (χ1) is 11.2. The summed E-state index contributed by atoms with van der Waals surface area (Å²) in [6.45, 7) is 4.83. The van der Waals surface area contributed by atoms with Gasteiger partial charge in [-0.1, -0.05) is 26.0 Å². The van der Waals surface area contributed by atoms with Crippen LogP contribution < -0.4 is 0 Å². The van der Waals surface area contributed by atoms with Gasteiger partial charge in [0, 0.05) is 12.0 Å². The molecule has 2 saturated carbocycles. The molecular weight excluding hydrogens is 317 g/mol. The van der Waals surface area contributed by atoms with Gasteiger partial charge in [0.1, 0.15) is 0 Å². The Hall–Kier alpha value is -1.07. The molecule has 3 fully saturated rings. The van der Waals surface area contributed by atoms with Gasteiger partial charge in [-0.15, -0.1) is 0 Å². The number of hydrogen-bond donors (Lipinski definition) is 1. The third-order valence-corrected chi connectivity index (χ3v) is 7.00. The minimum Gasteiger partial charge on any atom is -0.392 e. The fourth-order valence-electron chi connectivity index (χ4n) is 5.61. The van der Waals surface area contributed by atoms with Gasteiger partial charge < -0.3 is 9.84 Å². The van der Waals surface area contributed by atoms with Crippen molar-refractivity contribution in [3.8, 4) is 0 Å². The maximum atomic E-state index is 12.8. The minimum atomic E-state index is -4.32. The highest BCUT2D eigenvalue weighted by molar-refractivity contribution is 5.29. The van der Waals surface area contributed by atoms with E-state index in [2.05, 4.69) is 13.8 Å². The SMILES string of the molecule is CC1(C)[C@@H]2C[C@@H]3[C@@H](c4ccc(C(F)(F)F)cc4)OCCC3(C2)[C@@H]1O. The van der Waals surface area contributed by atoms with Crippen molar-refractivity contribution in [2.45, 2.75) is 51.5 Å². The smallest absolute Gasteiger partial charge is 0.392 e. The molecule has 1 aliphatic heterocycles. The summed E-state index contributed by atoms with van der Waals surface area (Å²) in [4.78, 5) is 0. The predicted octanol–water partition coefficient (Wildman–Crippen LogP) is 4.58. The first kappa shape index (κ1) is 16.4. The molecule has 132 valence electrons. The molecule has 5 heteroatoms. The Balaban J connectivity index is 1.64. The van der Waals surface area contributed by atoms with Crippen LogP contribution in [0.25, 0.3) is 0 Å². The summed E-state index contributed by atoms with van der Waals surface area (Å²) in [5.74, 6) is 0.646. The van der Waals surface area contributed by atoms with Crippen LogP contribution in [0.1, 0.15) is 50.3 Å². The average Bonchev–Trinajstić information content (AvgIpc) is 3.01. The van der Waals surface area contributed by atoms with Crippen LogP contribution >= 0.6 is 0 Å². The monoisotopic (exact) mass is 340 g/mol. The van der Waals surface area contributed by atoms with E-state index in [-0.39, 0.29) is 29.0 Å². The predicted molar refractivity (Wildman–Crippen MR) is 83.2 cm³/mol. The Morgan fingerprint density at radius 1 is 1.17 bits per heavy atom. The molecule has 1 heterocycles. The summed E-state index contributed by atoms with van der Waals surface area (Å²) in [6.07, 6.45) is -2.07. The minimum absolute atomic E-state index is 0.0848. The van der Waals surface area contributed by atoms with E-state index < -0.39 is 11.7 Å². The van der Waals surface area contributed by atoms with Crippen molar-refractivity contribution in [2.75, 3.05) is 6.61 Å². The summed E-state index contributed by atoms with van der Waals surface area (Å²) < 4.78 is 44.3. The van der Waals surface area contributed by atoms with Crippen LogP contribution in [0.5, 0.6) is 0 Å². The number of hydrogen-bond acceptors (Lipinski definition) is 2. The zero-order valence-electron chi connectivity index (χ0n) is 13.9. The number of alkyl halides is 3. The largest absolute Gasteiger partial charge is 0.416 e. The lowest BCUT2D eigenvalue weighted by Gasteiger charge is -2.51. The molecule has 1 saturated heterocycles. The van der Waals surface area contributed by atoms with Crippen molar-refractivity contribution in [3.05, 3.63) is 35.4 Å². The lowest BCUT2D eigenvalue weighted by atomic mass is 9.60. The van der Waals surface area contributed by atoms with E-state index >= 15 is 0 Å². The molecule has 2 bridgehead atoms. The van der Waals surface area contributed by atoms with E-state index in [0.717, 1.165) is 37.0 Å². The van der Waals surface area contributed by atoms with Crippen LogP contribution in [0.2, 0.25) is 0 Å². The highest BCUT2D eigenvalue weighted by Gasteiger charge is 2.68. The van der Waals surface area contributed by atoms with E-state index in [9.17, 15) is 18.3 Å². The Kier molecular flexibility index (Phi) is 3.40. The highest BCUT2D eigenvalue weighted by Crippen LogP contribution is 2.70. The van der Waals surface area contributed by atoms with Gasteiger partial charge in [0.15, 0.2) is 0 Å². The average molecular weight is 340 g/mol. The molecule has 0 amide bonds. The number of ether oxygens (including phenoxy) is 1. The van der Waals surface area contributed by atoms with Crippen molar-refractivity contribution >= 4 is 0 Å². The Labute approximate surface area is 140 Å². The van der Waals surface area contributed by atoms with E-state index in [0.29, 0.717) is 12.5 Å². The Morgan fingerprint density at radius 2 is 1.83 bits per heavy atom. The van der Waals surface area contributed by atoms with Crippen LogP contribution in [0.4, 0.5) is 13.2 Å². The van der Waals surface area contributed by atoms with E-state index in [1.807, 2.05) is 0 Å². The molecule has 24 heavy (non-hydrogen) atoms. The first-order valence-electron chi connectivity index (χ1n) is 8.63. The van der Waals surface area contributed by atoms with Crippen LogP contribution in [0.3, 0.4) is 0 Å². The van der Waals surface area contributed by atoms with Gasteiger partial charge in [-0.2, -0.15) is 13.2 Å². The topological polar surface area (TPSA) is 29.5 Å². The second-order valence-electron chi connectivity index (χ2n) is 8.36. The lowest BCUT2D eigenvalue weighted by Crippen LogP contribution is -2.51. The van der Waals surface area contributed by atoms with Gasteiger partial charge in [0.2, 0.25) is 0 Å². The molecule has 4 rings (SSSR count). The zero-order chi connectivity index (χ0) is 17.3. The summed E-state index contributed by atoms with van der Waals surface area (Å²) >= 11 is 0. The molecular formula is C19H23F3O2. The number of benzene rings is 1. The summed E-state index contributed by atoms with van der Waals surface area (Å²) in [7, 11) is 0. The molecule has 5 atom stereocenters. The lowest BCUT2D eigenvalue weighted by molar-refractivity contribution is -0.164. The number of rotatable bonds is 1. The van der Waals surface area contributed by atoms with Crippen molar-refractivity contribution in [1.29, 1.82) is 0 Å². The van der Waals surface area contributed by atoms with Gasteiger partial charge in [-0.25, -0.2) is 0 Å². The molecule has 1 unspecified atom stereocenters. The van der Waals surface area contributed by atoms with Crippen LogP contribution in [0.15, 0.2) is 24.3 Å². The van der Waals surface area contributed by atoms with Gasteiger partial charge >= 0.3 is 6.18 Å². The van der Waals surface area contributed by atoms with Gasteiger partial charge in [-0.05, 0) is 54.2 Å². The maximum absolute atomic E-state index is 12.8. The fourth-order valence-corrected chi connectivity index (χ4v) is 5.61. The first-order valence-corrected chi connectivity index (χ1v) is 8.63. The normalized spacial score (nSPS) is 40.6. The summed E-state index contributed by atoms with van der Waals surface area (Å²) in [5.41, 5.74) is -0.0614. The molecule has 2 nitrogen and oxygen atoms in total. The standard InChI is InChI=1S/C19H23F3O2/c1-17(2)13-9-14-15(24-8-7-18(14,10-13)16(17)23)11-3-5-12(6-4-11)19(20,21)22/h3-6,13-16,23H,7-10H2,1-2H3/t13-,14-,15-,16-,18?/m1/s1. The number of aliphatic hydroxyl groups excluding tert-OH is 1. The number of fused-ring (bicyclic) bond motifs is 1. The third-order valence-electron chi connectivity index (χ3n) is 7.00. The summed E-state index contributed by atoms with van der Waals surface area (Å²) in [6, 6.07) is 5.34. The van der Waals surface area contributed by atoms with Crippen LogP contribution in [-0.4, -0.2) is 17.8 Å². The van der Waals surface area contributed by atoms with Gasteiger partial charge in [0.25, 0.3) is 0 Å².